The molecule has 0 saturated carbocycles. The van der Waals surface area contributed by atoms with Crippen LogP contribution in [0, 0.1) is 0 Å². The van der Waals surface area contributed by atoms with Gasteiger partial charge in [0.1, 0.15) is 11.2 Å². The summed E-state index contributed by atoms with van der Waals surface area (Å²) < 4.78 is 157. The molecule has 0 aliphatic heterocycles. The summed E-state index contributed by atoms with van der Waals surface area (Å²) in [6.07, 6.45) is 0. The predicted molar refractivity (Wildman–Crippen MR) is 165 cm³/mol. The SMILES string of the molecule is [2H]c1c([2H])c([2H])c(-c2c3c([2H])c([2H])c([2H])c([2H])c3c(-c3c([2H])c([2H])c([2H])c(-c4ccc5oc6ccccc6c5c4)c3[2H])c3c([2H])c([2H])c([2H])c([2H])c23)c([2H])c1[2H]. The largest absolute Gasteiger partial charge is 0.456 e. The van der Waals surface area contributed by atoms with E-state index in [1.807, 2.05) is 6.07 Å². The van der Waals surface area contributed by atoms with Crippen LogP contribution in [-0.2, 0) is 0 Å². The highest BCUT2D eigenvalue weighted by atomic mass is 16.3. The van der Waals surface area contributed by atoms with Crippen LogP contribution in [0.25, 0.3) is 76.9 Å². The molecular weight excluding hydrogens is 472 g/mol. The Bertz CT molecular complexity index is 3000. The van der Waals surface area contributed by atoms with E-state index in [1.54, 1.807) is 36.4 Å². The molecule has 1 heterocycles. The Morgan fingerprint density at radius 3 is 1.69 bits per heavy atom. The standard InChI is InChI=1S/C38H24O/c1-2-11-25(12-3-1)37-30-16-4-6-18-32(30)38(33-19-7-5-17-31(33)37)28-14-10-13-26(23-28)27-21-22-36-34(24-27)29-15-8-9-20-35(29)39-36/h1-24H/i1D,2D,3D,4D,5D,6D,7D,10D,11D,12D,13D,14D,16D,17D,18D,19D,23D. The first kappa shape index (κ1) is 10.9. The molecule has 0 N–H and O–H groups in total. The van der Waals surface area contributed by atoms with Gasteiger partial charge in [-0.3, -0.25) is 0 Å². The van der Waals surface area contributed by atoms with Crippen molar-refractivity contribution in [2.24, 2.45) is 0 Å². The van der Waals surface area contributed by atoms with E-state index in [4.69, 9.17) is 22.2 Å². The van der Waals surface area contributed by atoms with Crippen LogP contribution in [0.4, 0.5) is 0 Å². The zero-order valence-corrected chi connectivity index (χ0v) is 19.9. The van der Waals surface area contributed by atoms with Gasteiger partial charge < -0.3 is 4.42 Å². The van der Waals surface area contributed by atoms with Gasteiger partial charge in [-0.15, -0.1) is 0 Å². The zero-order valence-electron chi connectivity index (χ0n) is 36.9. The molecular formula is C38H24O. The Kier molecular flexibility index (Phi) is 2.44. The molecule has 0 fully saturated rings. The summed E-state index contributed by atoms with van der Waals surface area (Å²) in [6.45, 7) is 0. The van der Waals surface area contributed by atoms with Crippen LogP contribution in [0.15, 0.2) is 150 Å². The molecule has 0 spiro atoms. The summed E-state index contributed by atoms with van der Waals surface area (Å²) in [6, 6.07) is -0.977. The Morgan fingerprint density at radius 2 is 0.974 bits per heavy atom. The monoisotopic (exact) mass is 513 g/mol. The Labute approximate surface area is 250 Å². The third-order valence-corrected chi connectivity index (χ3v) is 6.67. The normalized spacial score (nSPS) is 17.7. The number of hydrogen-bond donors (Lipinski definition) is 0. The van der Waals surface area contributed by atoms with Gasteiger partial charge in [-0.1, -0.05) is 121 Å². The number of furan rings is 1. The molecule has 182 valence electrons. The predicted octanol–water partition coefficient (Wildman–Crippen LogP) is 10.9. The smallest absolute Gasteiger partial charge is 0.135 e. The minimum Gasteiger partial charge on any atom is -0.456 e. The minimum atomic E-state index is -0.816. The molecule has 0 aliphatic carbocycles. The highest BCUT2D eigenvalue weighted by Crippen LogP contribution is 2.44. The van der Waals surface area contributed by atoms with Crippen LogP contribution >= 0.6 is 0 Å². The second kappa shape index (κ2) is 8.72. The molecule has 0 unspecified atom stereocenters. The third-order valence-electron chi connectivity index (χ3n) is 6.67. The number of benzene rings is 7. The van der Waals surface area contributed by atoms with E-state index in [0.717, 1.165) is 5.39 Å². The maximum absolute atomic E-state index is 9.63. The average Bonchev–Trinajstić information content (AvgIpc) is 3.56. The molecule has 0 bridgehead atoms. The van der Waals surface area contributed by atoms with Gasteiger partial charge in [0.05, 0.1) is 23.3 Å². The summed E-state index contributed by atoms with van der Waals surface area (Å²) in [4.78, 5) is 0. The van der Waals surface area contributed by atoms with Crippen molar-refractivity contribution in [2.75, 3.05) is 0 Å². The van der Waals surface area contributed by atoms with E-state index in [-0.39, 0.29) is 11.1 Å². The van der Waals surface area contributed by atoms with Crippen molar-refractivity contribution >= 4 is 43.5 Å². The van der Waals surface area contributed by atoms with E-state index >= 15 is 0 Å². The number of rotatable bonds is 3. The van der Waals surface area contributed by atoms with Crippen molar-refractivity contribution in [3.63, 3.8) is 0 Å². The second-order valence-electron chi connectivity index (χ2n) is 8.81. The van der Waals surface area contributed by atoms with Crippen LogP contribution in [0.5, 0.6) is 0 Å². The molecule has 0 radical (unpaired) electrons. The first-order valence-corrected chi connectivity index (χ1v) is 12.0. The Hall–Kier alpha value is -5.14. The lowest BCUT2D eigenvalue weighted by Crippen LogP contribution is -1.91. The zero-order chi connectivity index (χ0) is 40.6. The topological polar surface area (TPSA) is 13.1 Å². The lowest BCUT2D eigenvalue weighted by Gasteiger charge is -2.18. The Balaban J connectivity index is 1.66. The maximum Gasteiger partial charge on any atom is 0.135 e. The maximum atomic E-state index is 9.63. The summed E-state index contributed by atoms with van der Waals surface area (Å²) in [5.41, 5.74) is -0.903. The Morgan fingerprint density at radius 1 is 0.410 bits per heavy atom. The van der Waals surface area contributed by atoms with Crippen LogP contribution < -0.4 is 0 Å². The number of hydrogen-bond acceptors (Lipinski definition) is 1. The van der Waals surface area contributed by atoms with E-state index in [9.17, 15) is 5.48 Å². The molecule has 0 atom stereocenters. The van der Waals surface area contributed by atoms with Crippen molar-refractivity contribution in [1.29, 1.82) is 0 Å². The average molecular weight is 514 g/mol. The van der Waals surface area contributed by atoms with E-state index < -0.39 is 147 Å². The molecule has 0 saturated heterocycles. The molecule has 7 aromatic carbocycles. The van der Waals surface area contributed by atoms with Gasteiger partial charge in [-0.05, 0) is 79.2 Å². The fourth-order valence-corrected chi connectivity index (χ4v) is 4.99. The van der Waals surface area contributed by atoms with Crippen LogP contribution in [0.3, 0.4) is 0 Å². The molecule has 1 aromatic heterocycles. The fourth-order valence-electron chi connectivity index (χ4n) is 4.99. The van der Waals surface area contributed by atoms with Crippen molar-refractivity contribution in [3.8, 4) is 33.4 Å². The van der Waals surface area contributed by atoms with E-state index in [0.29, 0.717) is 16.6 Å². The molecule has 0 aliphatic rings. The second-order valence-corrected chi connectivity index (χ2v) is 8.81. The third kappa shape index (κ3) is 3.48. The summed E-state index contributed by atoms with van der Waals surface area (Å²) >= 11 is 0. The molecule has 39 heavy (non-hydrogen) atoms. The lowest BCUT2D eigenvalue weighted by atomic mass is 9.85. The van der Waals surface area contributed by atoms with Gasteiger partial charge in [0.25, 0.3) is 0 Å². The van der Waals surface area contributed by atoms with Crippen molar-refractivity contribution in [2.45, 2.75) is 0 Å². The lowest BCUT2D eigenvalue weighted by molar-refractivity contribution is 0.669. The van der Waals surface area contributed by atoms with Gasteiger partial charge in [0, 0.05) is 10.8 Å². The van der Waals surface area contributed by atoms with Gasteiger partial charge in [0.2, 0.25) is 0 Å². The summed E-state index contributed by atoms with van der Waals surface area (Å²) in [5.74, 6) is 0. The molecule has 1 heteroatoms. The van der Waals surface area contributed by atoms with Gasteiger partial charge in [-0.2, -0.15) is 0 Å². The minimum absolute atomic E-state index is 0.161. The molecule has 8 aromatic rings. The van der Waals surface area contributed by atoms with E-state index in [1.165, 1.54) is 0 Å². The fraction of sp³-hybridized carbons (Fsp3) is 0. The summed E-state index contributed by atoms with van der Waals surface area (Å²) in [7, 11) is 0. The highest BCUT2D eigenvalue weighted by Gasteiger charge is 2.17. The van der Waals surface area contributed by atoms with Crippen LogP contribution in [-0.4, -0.2) is 0 Å². The summed E-state index contributed by atoms with van der Waals surface area (Å²) in [5, 5.41) is -0.654. The van der Waals surface area contributed by atoms with Gasteiger partial charge in [-0.25, -0.2) is 0 Å². The van der Waals surface area contributed by atoms with Crippen LogP contribution in [0.1, 0.15) is 23.3 Å². The van der Waals surface area contributed by atoms with Crippen molar-refractivity contribution in [3.05, 3.63) is 145 Å². The first-order valence-electron chi connectivity index (χ1n) is 20.5. The quantitative estimate of drug-likeness (QED) is 0.214. The first-order chi connectivity index (χ1) is 26.4. The molecule has 1 nitrogen and oxygen atoms in total. The number of para-hydroxylation sites is 1. The number of fused-ring (bicyclic) bond motifs is 5. The van der Waals surface area contributed by atoms with Gasteiger partial charge >= 0.3 is 0 Å². The van der Waals surface area contributed by atoms with Gasteiger partial charge in [0.15, 0.2) is 0 Å². The molecule has 8 rings (SSSR count). The van der Waals surface area contributed by atoms with E-state index in [2.05, 4.69) is 0 Å². The van der Waals surface area contributed by atoms with Crippen LogP contribution in [0.2, 0.25) is 0 Å². The highest BCUT2D eigenvalue weighted by molar-refractivity contribution is 6.21. The van der Waals surface area contributed by atoms with Crippen molar-refractivity contribution < 1.29 is 27.7 Å². The molecule has 0 amide bonds. The van der Waals surface area contributed by atoms with Crippen molar-refractivity contribution in [1.82, 2.24) is 0 Å².